The molecule has 0 saturated heterocycles. The van der Waals surface area contributed by atoms with Gasteiger partial charge in [0, 0.05) is 13.1 Å². The van der Waals surface area contributed by atoms with Crippen LogP contribution < -0.4 is 5.73 Å². The molecule has 1 aliphatic carbocycles. The average Bonchev–Trinajstić information content (AvgIpc) is 2.41. The number of nitrogens with zero attached hydrogens (tertiary/aromatic N) is 3. The van der Waals surface area contributed by atoms with Crippen LogP contribution in [0.2, 0.25) is 0 Å². The van der Waals surface area contributed by atoms with Crippen LogP contribution in [0.4, 0.5) is 0 Å². The van der Waals surface area contributed by atoms with Gasteiger partial charge in [0.1, 0.15) is 12.4 Å². The molecule has 1 heterocycles. The van der Waals surface area contributed by atoms with E-state index in [1.165, 1.54) is 0 Å². The minimum atomic E-state index is 0.321. The number of rotatable bonds is 3. The Balaban J connectivity index is 1.83. The highest BCUT2D eigenvalue weighted by Gasteiger charge is 2.26. The van der Waals surface area contributed by atoms with Gasteiger partial charge < -0.3 is 15.0 Å². The molecule has 2 N–H and O–H groups in total. The fourth-order valence-corrected chi connectivity index (χ4v) is 1.51. The quantitative estimate of drug-likeness (QED) is 0.746. The van der Waals surface area contributed by atoms with E-state index in [0.29, 0.717) is 18.8 Å². The largest absolute Gasteiger partial charge is 0.370 e. The fraction of sp³-hybridized carbons (Fsp3) is 0.778. The summed E-state index contributed by atoms with van der Waals surface area (Å²) in [5.41, 5.74) is 5.66. The first-order valence-corrected chi connectivity index (χ1v) is 4.89. The molecule has 1 aromatic heterocycles. The van der Waals surface area contributed by atoms with E-state index in [1.54, 1.807) is 0 Å². The Bertz CT molecular complexity index is 317. The number of aromatic nitrogens is 3. The Kier molecular flexibility index (Phi) is 2.52. The summed E-state index contributed by atoms with van der Waals surface area (Å²) in [7, 11) is 1.94. The summed E-state index contributed by atoms with van der Waals surface area (Å²) < 4.78 is 7.57. The molecule has 0 aliphatic heterocycles. The number of ether oxygens (including phenoxy) is 1. The third-order valence-electron chi connectivity index (χ3n) is 2.76. The normalized spacial score (nSPS) is 26.2. The van der Waals surface area contributed by atoms with Gasteiger partial charge in [0.25, 0.3) is 0 Å². The lowest BCUT2D eigenvalue weighted by Crippen LogP contribution is -2.41. The van der Waals surface area contributed by atoms with E-state index in [0.717, 1.165) is 24.5 Å². The topological polar surface area (TPSA) is 66.0 Å². The molecule has 0 unspecified atom stereocenters. The number of aryl methyl sites for hydroxylation is 1. The maximum absolute atomic E-state index is 5.66. The van der Waals surface area contributed by atoms with Crippen molar-refractivity contribution in [2.24, 2.45) is 12.8 Å². The molecule has 0 spiro atoms. The second-order valence-corrected chi connectivity index (χ2v) is 3.89. The zero-order valence-electron chi connectivity index (χ0n) is 8.60. The summed E-state index contributed by atoms with van der Waals surface area (Å²) in [4.78, 5) is 0. The van der Waals surface area contributed by atoms with E-state index in [9.17, 15) is 0 Å². The number of hydrogen-bond donors (Lipinski definition) is 1. The molecule has 2 rings (SSSR count). The van der Waals surface area contributed by atoms with E-state index < -0.39 is 0 Å². The van der Waals surface area contributed by atoms with E-state index in [2.05, 4.69) is 10.2 Å². The second-order valence-electron chi connectivity index (χ2n) is 3.89. The predicted molar refractivity (Wildman–Crippen MR) is 51.5 cm³/mol. The van der Waals surface area contributed by atoms with E-state index in [4.69, 9.17) is 10.5 Å². The molecule has 0 bridgehead atoms. The molecule has 0 aromatic carbocycles. The van der Waals surface area contributed by atoms with Crippen LogP contribution in [-0.2, 0) is 18.4 Å². The molecule has 14 heavy (non-hydrogen) atoms. The zero-order chi connectivity index (χ0) is 10.1. The smallest absolute Gasteiger partial charge is 0.158 e. The van der Waals surface area contributed by atoms with Crippen molar-refractivity contribution in [3.8, 4) is 0 Å². The second kappa shape index (κ2) is 3.67. The summed E-state index contributed by atoms with van der Waals surface area (Å²) in [5.74, 6) is 1.79. The minimum Gasteiger partial charge on any atom is -0.370 e. The van der Waals surface area contributed by atoms with Crippen LogP contribution in [0.25, 0.3) is 0 Å². The molecular formula is C9H16N4O. The first-order chi connectivity index (χ1) is 6.66. The maximum atomic E-state index is 5.66. The van der Waals surface area contributed by atoms with Gasteiger partial charge in [-0.1, -0.05) is 0 Å². The summed E-state index contributed by atoms with van der Waals surface area (Å²) in [5, 5.41) is 7.98. The third-order valence-corrected chi connectivity index (χ3v) is 2.76. The van der Waals surface area contributed by atoms with Gasteiger partial charge in [-0.05, 0) is 19.8 Å². The molecule has 78 valence electrons. The first-order valence-electron chi connectivity index (χ1n) is 4.89. The highest BCUT2D eigenvalue weighted by atomic mass is 16.5. The standard InChI is InChI=1S/C9H16N4O/c1-6-11-12-9(13(6)2)5-14-8-3-7(10)4-8/h7-8H,3-5,10H2,1-2H3. The van der Waals surface area contributed by atoms with Crippen molar-refractivity contribution in [2.45, 2.75) is 38.5 Å². The molecule has 1 aromatic rings. The molecule has 5 heteroatoms. The molecule has 1 saturated carbocycles. The highest BCUT2D eigenvalue weighted by molar-refractivity contribution is 4.91. The van der Waals surface area contributed by atoms with Crippen molar-refractivity contribution in [2.75, 3.05) is 0 Å². The van der Waals surface area contributed by atoms with Crippen molar-refractivity contribution < 1.29 is 4.74 Å². The number of nitrogens with two attached hydrogens (primary N) is 1. The van der Waals surface area contributed by atoms with Gasteiger partial charge in [-0.15, -0.1) is 10.2 Å². The average molecular weight is 196 g/mol. The van der Waals surface area contributed by atoms with Crippen LogP contribution in [0.1, 0.15) is 24.5 Å². The first kappa shape index (κ1) is 9.61. The van der Waals surface area contributed by atoms with Crippen LogP contribution >= 0.6 is 0 Å². The van der Waals surface area contributed by atoms with Crippen molar-refractivity contribution in [1.82, 2.24) is 14.8 Å². The van der Waals surface area contributed by atoms with Crippen LogP contribution in [0, 0.1) is 6.92 Å². The highest BCUT2D eigenvalue weighted by Crippen LogP contribution is 2.22. The summed E-state index contributed by atoms with van der Waals surface area (Å²) in [6.07, 6.45) is 2.26. The minimum absolute atomic E-state index is 0.321. The Morgan fingerprint density at radius 1 is 1.50 bits per heavy atom. The lowest BCUT2D eigenvalue weighted by molar-refractivity contribution is -0.0225. The zero-order valence-corrected chi connectivity index (χ0v) is 8.60. The Labute approximate surface area is 83.3 Å². The van der Waals surface area contributed by atoms with E-state index in [-0.39, 0.29) is 0 Å². The predicted octanol–water partition coefficient (Wildman–Crippen LogP) is 0.130. The van der Waals surface area contributed by atoms with Gasteiger partial charge in [-0.3, -0.25) is 0 Å². The molecule has 0 atom stereocenters. The van der Waals surface area contributed by atoms with Gasteiger partial charge in [0.2, 0.25) is 0 Å². The van der Waals surface area contributed by atoms with Crippen LogP contribution in [0.3, 0.4) is 0 Å². The monoisotopic (exact) mass is 196 g/mol. The maximum Gasteiger partial charge on any atom is 0.158 e. The van der Waals surface area contributed by atoms with Crippen molar-refractivity contribution in [3.05, 3.63) is 11.6 Å². The Hall–Kier alpha value is -0.940. The molecule has 1 fully saturated rings. The lowest BCUT2D eigenvalue weighted by Gasteiger charge is -2.31. The third kappa shape index (κ3) is 1.78. The summed E-state index contributed by atoms with van der Waals surface area (Å²) >= 11 is 0. The summed E-state index contributed by atoms with van der Waals surface area (Å²) in [6.45, 7) is 2.46. The van der Waals surface area contributed by atoms with E-state index >= 15 is 0 Å². The van der Waals surface area contributed by atoms with Gasteiger partial charge in [0.15, 0.2) is 5.82 Å². The SMILES string of the molecule is Cc1nnc(COC2CC(N)C2)n1C. The van der Waals surface area contributed by atoms with Crippen molar-refractivity contribution in [3.63, 3.8) is 0 Å². The van der Waals surface area contributed by atoms with Gasteiger partial charge in [-0.2, -0.15) is 0 Å². The number of hydrogen-bond acceptors (Lipinski definition) is 4. The van der Waals surface area contributed by atoms with Crippen LogP contribution in [0.15, 0.2) is 0 Å². The molecule has 0 radical (unpaired) electrons. The molecular weight excluding hydrogens is 180 g/mol. The Morgan fingerprint density at radius 2 is 2.21 bits per heavy atom. The van der Waals surface area contributed by atoms with Gasteiger partial charge in [0.05, 0.1) is 6.10 Å². The fourth-order valence-electron chi connectivity index (χ4n) is 1.51. The molecule has 5 nitrogen and oxygen atoms in total. The lowest BCUT2D eigenvalue weighted by atomic mass is 9.90. The Morgan fingerprint density at radius 3 is 2.71 bits per heavy atom. The van der Waals surface area contributed by atoms with Gasteiger partial charge >= 0.3 is 0 Å². The molecule has 0 amide bonds. The molecule has 1 aliphatic rings. The van der Waals surface area contributed by atoms with Crippen LogP contribution in [0.5, 0.6) is 0 Å². The van der Waals surface area contributed by atoms with Crippen LogP contribution in [-0.4, -0.2) is 26.9 Å². The van der Waals surface area contributed by atoms with E-state index in [1.807, 2.05) is 18.5 Å². The summed E-state index contributed by atoms with van der Waals surface area (Å²) in [6, 6.07) is 0.334. The van der Waals surface area contributed by atoms with Gasteiger partial charge in [-0.25, -0.2) is 0 Å². The van der Waals surface area contributed by atoms with Crippen molar-refractivity contribution in [1.29, 1.82) is 0 Å². The van der Waals surface area contributed by atoms with Crippen molar-refractivity contribution >= 4 is 0 Å².